The van der Waals surface area contributed by atoms with E-state index in [0.717, 1.165) is 22.3 Å². The van der Waals surface area contributed by atoms with Crippen LogP contribution in [0.5, 0.6) is 0 Å². The van der Waals surface area contributed by atoms with Crippen LogP contribution in [-0.4, -0.2) is 19.5 Å². The molecule has 2 heterocycles. The maximum absolute atomic E-state index is 4.65. The first-order chi connectivity index (χ1) is 14.3. The van der Waals surface area contributed by atoms with Crippen molar-refractivity contribution in [3.8, 4) is 5.95 Å². The van der Waals surface area contributed by atoms with Crippen molar-refractivity contribution in [1.82, 2.24) is 19.5 Å². The van der Waals surface area contributed by atoms with Crippen molar-refractivity contribution in [1.29, 1.82) is 0 Å². The van der Waals surface area contributed by atoms with E-state index in [4.69, 9.17) is 0 Å². The largest absolute Gasteiger partial charge is 0.324 e. The van der Waals surface area contributed by atoms with Gasteiger partial charge in [0.2, 0.25) is 17.8 Å². The van der Waals surface area contributed by atoms with E-state index in [9.17, 15) is 0 Å². The molecule has 3 aromatic carbocycles. The Hall–Kier alpha value is -4.19. The molecule has 2 aromatic heterocycles. The van der Waals surface area contributed by atoms with Crippen LogP contribution in [0.25, 0.3) is 16.9 Å². The lowest BCUT2D eigenvalue weighted by Gasteiger charge is -2.11. The van der Waals surface area contributed by atoms with Crippen molar-refractivity contribution in [3.05, 3.63) is 97.2 Å². The van der Waals surface area contributed by atoms with E-state index in [-0.39, 0.29) is 0 Å². The minimum absolute atomic E-state index is 0.470. The van der Waals surface area contributed by atoms with Crippen molar-refractivity contribution < 1.29 is 0 Å². The van der Waals surface area contributed by atoms with Gasteiger partial charge in [-0.1, -0.05) is 54.6 Å². The Morgan fingerprint density at radius 2 is 1.10 bits per heavy atom. The molecule has 5 aromatic rings. The van der Waals surface area contributed by atoms with Crippen molar-refractivity contribution in [2.75, 3.05) is 10.6 Å². The van der Waals surface area contributed by atoms with E-state index in [2.05, 4.69) is 31.7 Å². The van der Waals surface area contributed by atoms with Crippen molar-refractivity contribution in [2.24, 2.45) is 0 Å². The summed E-state index contributed by atoms with van der Waals surface area (Å²) in [5.74, 6) is 1.48. The third-order valence-corrected chi connectivity index (χ3v) is 4.50. The number of nitrogens with one attached hydrogen (secondary N) is 2. The molecule has 0 spiro atoms. The molecule has 0 bridgehead atoms. The van der Waals surface area contributed by atoms with Crippen LogP contribution in [0.4, 0.5) is 23.3 Å². The van der Waals surface area contributed by atoms with Gasteiger partial charge in [-0.3, -0.25) is 4.57 Å². The molecular formula is C23H18N6. The minimum atomic E-state index is 0.470. The first-order valence-electron chi connectivity index (χ1n) is 9.32. The third kappa shape index (κ3) is 3.64. The zero-order valence-electron chi connectivity index (χ0n) is 15.5. The molecule has 0 fully saturated rings. The second-order valence-corrected chi connectivity index (χ2v) is 6.51. The molecule has 0 amide bonds. The van der Waals surface area contributed by atoms with Gasteiger partial charge in [-0.15, -0.1) is 0 Å². The van der Waals surface area contributed by atoms with E-state index >= 15 is 0 Å². The molecule has 0 saturated heterocycles. The predicted molar refractivity (Wildman–Crippen MR) is 116 cm³/mol. The molecule has 0 atom stereocenters. The maximum Gasteiger partial charge on any atom is 0.240 e. The number of aromatic nitrogens is 4. The number of fused-ring (bicyclic) bond motifs is 1. The lowest BCUT2D eigenvalue weighted by Crippen LogP contribution is -2.09. The van der Waals surface area contributed by atoms with E-state index in [1.807, 2.05) is 95.7 Å². The van der Waals surface area contributed by atoms with Crippen molar-refractivity contribution in [3.63, 3.8) is 0 Å². The third-order valence-electron chi connectivity index (χ3n) is 4.50. The Labute approximate surface area is 167 Å². The highest BCUT2D eigenvalue weighted by molar-refractivity contribution is 5.81. The summed E-state index contributed by atoms with van der Waals surface area (Å²) < 4.78 is 1.96. The number of hydrogen-bond donors (Lipinski definition) is 2. The van der Waals surface area contributed by atoms with E-state index < -0.39 is 0 Å². The topological polar surface area (TPSA) is 67.7 Å². The van der Waals surface area contributed by atoms with E-state index in [1.54, 1.807) is 0 Å². The lowest BCUT2D eigenvalue weighted by atomic mass is 10.2. The van der Waals surface area contributed by atoms with Crippen LogP contribution in [0.2, 0.25) is 0 Å². The molecule has 0 unspecified atom stereocenters. The van der Waals surface area contributed by atoms with Gasteiger partial charge in [0, 0.05) is 23.0 Å². The number of nitrogens with zero attached hydrogens (tertiary/aromatic N) is 4. The Balaban J connectivity index is 1.59. The summed E-state index contributed by atoms with van der Waals surface area (Å²) in [5.41, 5.74) is 2.86. The molecule has 140 valence electrons. The van der Waals surface area contributed by atoms with Crippen LogP contribution in [0, 0.1) is 0 Å². The van der Waals surface area contributed by atoms with Gasteiger partial charge < -0.3 is 10.6 Å². The Kier molecular flexibility index (Phi) is 4.35. The standard InChI is InChI=1S/C23H18N6/c1-3-10-18(11-4-1)24-21-26-22(25-19-12-5-2-6-13-19)28-23(27-21)29-16-15-17-9-7-8-14-20(17)29/h1-16H,(H2,24,25,26,27,28). The van der Waals surface area contributed by atoms with Gasteiger partial charge in [0.25, 0.3) is 0 Å². The first-order valence-corrected chi connectivity index (χ1v) is 9.32. The highest BCUT2D eigenvalue weighted by atomic mass is 15.3. The van der Waals surface area contributed by atoms with Crippen molar-refractivity contribution in [2.45, 2.75) is 0 Å². The van der Waals surface area contributed by atoms with Crippen LogP contribution in [-0.2, 0) is 0 Å². The Morgan fingerprint density at radius 1 is 0.552 bits per heavy atom. The Bertz CT molecular complexity index is 1190. The van der Waals surface area contributed by atoms with Crippen LogP contribution in [0.15, 0.2) is 97.2 Å². The number of hydrogen-bond acceptors (Lipinski definition) is 5. The minimum Gasteiger partial charge on any atom is -0.324 e. The summed E-state index contributed by atoms with van der Waals surface area (Å²) in [7, 11) is 0. The molecule has 5 rings (SSSR count). The highest BCUT2D eigenvalue weighted by Gasteiger charge is 2.11. The average molecular weight is 378 g/mol. The zero-order chi connectivity index (χ0) is 19.5. The number of benzene rings is 3. The van der Waals surface area contributed by atoms with Gasteiger partial charge in [0.15, 0.2) is 0 Å². The molecule has 29 heavy (non-hydrogen) atoms. The van der Waals surface area contributed by atoms with E-state index in [0.29, 0.717) is 17.8 Å². The molecule has 2 N–H and O–H groups in total. The molecular weight excluding hydrogens is 360 g/mol. The second-order valence-electron chi connectivity index (χ2n) is 6.51. The quantitative estimate of drug-likeness (QED) is 0.434. The second kappa shape index (κ2) is 7.44. The highest BCUT2D eigenvalue weighted by Crippen LogP contribution is 2.22. The predicted octanol–water partition coefficient (Wildman–Crippen LogP) is 5.30. The van der Waals surface area contributed by atoms with E-state index in [1.165, 1.54) is 0 Å². The maximum atomic E-state index is 4.65. The summed E-state index contributed by atoms with van der Waals surface area (Å²) in [5, 5.41) is 7.66. The van der Waals surface area contributed by atoms with Crippen molar-refractivity contribution >= 4 is 34.2 Å². The molecule has 0 aliphatic carbocycles. The van der Waals surface area contributed by atoms with Crippen LogP contribution in [0.1, 0.15) is 0 Å². The lowest BCUT2D eigenvalue weighted by molar-refractivity contribution is 0.933. The van der Waals surface area contributed by atoms with Crippen LogP contribution >= 0.6 is 0 Å². The number of rotatable bonds is 5. The SMILES string of the molecule is c1ccc(Nc2nc(Nc3ccccc3)nc(-n3ccc4ccccc43)n2)cc1. The fraction of sp³-hybridized carbons (Fsp3) is 0. The zero-order valence-corrected chi connectivity index (χ0v) is 15.5. The van der Waals surface area contributed by atoms with Gasteiger partial charge in [-0.05, 0) is 36.4 Å². The summed E-state index contributed by atoms with van der Waals surface area (Å²) in [6.45, 7) is 0. The number of para-hydroxylation sites is 3. The fourth-order valence-electron chi connectivity index (χ4n) is 3.14. The summed E-state index contributed by atoms with van der Waals surface area (Å²) in [6, 6.07) is 29.9. The summed E-state index contributed by atoms with van der Waals surface area (Å²) >= 11 is 0. The Morgan fingerprint density at radius 3 is 1.72 bits per heavy atom. The molecule has 6 nitrogen and oxygen atoms in total. The molecule has 0 saturated carbocycles. The van der Waals surface area contributed by atoms with Gasteiger partial charge in [-0.25, -0.2) is 0 Å². The summed E-state index contributed by atoms with van der Waals surface area (Å²) in [4.78, 5) is 13.9. The summed E-state index contributed by atoms with van der Waals surface area (Å²) in [6.07, 6.45) is 1.97. The fourth-order valence-corrected chi connectivity index (χ4v) is 3.14. The number of anilines is 4. The average Bonchev–Trinajstić information content (AvgIpc) is 3.19. The van der Waals surface area contributed by atoms with Gasteiger partial charge in [0.1, 0.15) is 0 Å². The van der Waals surface area contributed by atoms with Gasteiger partial charge in [0.05, 0.1) is 5.52 Å². The molecule has 6 heteroatoms. The normalized spacial score (nSPS) is 10.8. The monoisotopic (exact) mass is 378 g/mol. The smallest absolute Gasteiger partial charge is 0.240 e. The van der Waals surface area contributed by atoms with Crippen LogP contribution < -0.4 is 10.6 Å². The molecule has 0 aliphatic rings. The molecule has 0 aliphatic heterocycles. The first kappa shape index (κ1) is 16.9. The molecule has 0 radical (unpaired) electrons. The van der Waals surface area contributed by atoms with Gasteiger partial charge >= 0.3 is 0 Å². The van der Waals surface area contributed by atoms with Crippen LogP contribution in [0.3, 0.4) is 0 Å². The van der Waals surface area contributed by atoms with Gasteiger partial charge in [-0.2, -0.15) is 15.0 Å².